The van der Waals surface area contributed by atoms with E-state index in [0.29, 0.717) is 23.5 Å². The third kappa shape index (κ3) is 3.22. The number of piperidine rings is 1. The van der Waals surface area contributed by atoms with Crippen LogP contribution in [0.15, 0.2) is 18.2 Å². The zero-order valence-electron chi connectivity index (χ0n) is 11.7. The Labute approximate surface area is 120 Å². The molecule has 0 bridgehead atoms. The zero-order valence-corrected chi connectivity index (χ0v) is 12.5. The lowest BCUT2D eigenvalue weighted by atomic mass is 9.85. The molecule has 1 aliphatic heterocycles. The van der Waals surface area contributed by atoms with Gasteiger partial charge in [0, 0.05) is 18.5 Å². The first-order valence-electron chi connectivity index (χ1n) is 6.91. The van der Waals surface area contributed by atoms with Crippen molar-refractivity contribution in [2.45, 2.75) is 31.2 Å². The van der Waals surface area contributed by atoms with Gasteiger partial charge >= 0.3 is 0 Å². The van der Waals surface area contributed by atoms with Crippen molar-refractivity contribution >= 4 is 11.6 Å². The monoisotopic (exact) mass is 282 g/mol. The lowest BCUT2D eigenvalue weighted by Crippen LogP contribution is -2.42. The fourth-order valence-corrected chi connectivity index (χ4v) is 3.30. The summed E-state index contributed by atoms with van der Waals surface area (Å²) < 4.78 is 5.21. The van der Waals surface area contributed by atoms with E-state index >= 15 is 0 Å². The molecule has 2 rings (SSSR count). The predicted octanol–water partition coefficient (Wildman–Crippen LogP) is 2.88. The number of hydrogen-bond donors (Lipinski definition) is 1. The minimum Gasteiger partial charge on any atom is -0.495 e. The molecule has 2 atom stereocenters. The van der Waals surface area contributed by atoms with Gasteiger partial charge in [-0.1, -0.05) is 24.1 Å². The molecule has 0 saturated carbocycles. The number of benzene rings is 1. The van der Waals surface area contributed by atoms with Crippen molar-refractivity contribution in [1.82, 2.24) is 4.90 Å². The summed E-state index contributed by atoms with van der Waals surface area (Å²) in [4.78, 5) is 2.43. The molecule has 1 saturated heterocycles. The summed E-state index contributed by atoms with van der Waals surface area (Å²) in [5.74, 6) is 1.06. The van der Waals surface area contributed by atoms with Crippen LogP contribution >= 0.6 is 11.6 Å². The van der Waals surface area contributed by atoms with E-state index in [2.05, 4.69) is 18.0 Å². The number of likely N-dealkylation sites (N-methyl/N-ethyl adjacent to an activating group) is 1. The molecule has 4 heteroatoms. The fourth-order valence-electron chi connectivity index (χ4n) is 3.04. The van der Waals surface area contributed by atoms with Crippen LogP contribution in [0.25, 0.3) is 0 Å². The number of halogens is 1. The summed E-state index contributed by atoms with van der Waals surface area (Å²) in [7, 11) is 3.83. The van der Waals surface area contributed by atoms with Gasteiger partial charge in [-0.2, -0.15) is 0 Å². The van der Waals surface area contributed by atoms with E-state index in [1.54, 1.807) is 7.11 Å². The van der Waals surface area contributed by atoms with Gasteiger partial charge in [0.2, 0.25) is 0 Å². The highest BCUT2D eigenvalue weighted by Gasteiger charge is 2.28. The lowest BCUT2D eigenvalue weighted by Gasteiger charge is -2.38. The maximum atomic E-state index is 6.23. The van der Waals surface area contributed by atoms with Gasteiger partial charge in [-0.05, 0) is 44.1 Å². The quantitative estimate of drug-likeness (QED) is 0.923. The van der Waals surface area contributed by atoms with E-state index in [1.165, 1.54) is 24.8 Å². The van der Waals surface area contributed by atoms with Crippen molar-refractivity contribution in [3.63, 3.8) is 0 Å². The standard InChI is InChI=1S/C15H23ClN2O/c1-18-8-4-3-5-14(18)12(10-17)11-6-7-15(19-2)13(16)9-11/h6-7,9,12,14H,3-5,8,10,17H2,1-2H3. The second-order valence-corrected chi connectivity index (χ2v) is 5.69. The van der Waals surface area contributed by atoms with Gasteiger partial charge in [0.05, 0.1) is 12.1 Å². The van der Waals surface area contributed by atoms with E-state index in [-0.39, 0.29) is 0 Å². The van der Waals surface area contributed by atoms with Crippen LogP contribution in [0.5, 0.6) is 5.75 Å². The van der Waals surface area contributed by atoms with Gasteiger partial charge in [0.1, 0.15) is 5.75 Å². The van der Waals surface area contributed by atoms with Crippen molar-refractivity contribution in [2.75, 3.05) is 27.2 Å². The number of ether oxygens (including phenoxy) is 1. The number of nitrogens with zero attached hydrogens (tertiary/aromatic N) is 1. The Kier molecular flexibility index (Phi) is 5.08. The molecule has 1 fully saturated rings. The van der Waals surface area contributed by atoms with Crippen molar-refractivity contribution in [2.24, 2.45) is 5.73 Å². The first-order chi connectivity index (χ1) is 9.17. The van der Waals surface area contributed by atoms with Gasteiger partial charge in [-0.15, -0.1) is 0 Å². The molecule has 19 heavy (non-hydrogen) atoms. The van der Waals surface area contributed by atoms with Crippen molar-refractivity contribution in [1.29, 1.82) is 0 Å². The van der Waals surface area contributed by atoms with Crippen LogP contribution in [0.1, 0.15) is 30.7 Å². The second kappa shape index (κ2) is 6.60. The van der Waals surface area contributed by atoms with Crippen LogP contribution < -0.4 is 10.5 Å². The van der Waals surface area contributed by atoms with E-state index in [1.807, 2.05) is 12.1 Å². The first kappa shape index (κ1) is 14.6. The molecular formula is C15H23ClN2O. The third-order valence-electron chi connectivity index (χ3n) is 4.15. The number of nitrogens with two attached hydrogens (primary N) is 1. The summed E-state index contributed by atoms with van der Waals surface area (Å²) in [5, 5.41) is 0.664. The Balaban J connectivity index is 2.23. The maximum absolute atomic E-state index is 6.23. The SMILES string of the molecule is COc1ccc(C(CN)C2CCCCN2C)cc1Cl. The highest BCUT2D eigenvalue weighted by Crippen LogP contribution is 2.33. The Bertz CT molecular complexity index is 425. The van der Waals surface area contributed by atoms with Gasteiger partial charge in [-0.3, -0.25) is 0 Å². The Morgan fingerprint density at radius 3 is 2.84 bits per heavy atom. The van der Waals surface area contributed by atoms with Crippen LogP contribution in [0.4, 0.5) is 0 Å². The van der Waals surface area contributed by atoms with E-state index in [0.717, 1.165) is 12.3 Å². The Morgan fingerprint density at radius 1 is 1.47 bits per heavy atom. The number of hydrogen-bond acceptors (Lipinski definition) is 3. The van der Waals surface area contributed by atoms with Gasteiger partial charge < -0.3 is 15.4 Å². The number of methoxy groups -OCH3 is 1. The molecule has 0 amide bonds. The van der Waals surface area contributed by atoms with E-state index in [4.69, 9.17) is 22.1 Å². The van der Waals surface area contributed by atoms with Crippen LogP contribution in [-0.2, 0) is 0 Å². The molecule has 0 radical (unpaired) electrons. The molecule has 106 valence electrons. The van der Waals surface area contributed by atoms with Crippen LogP contribution in [0.3, 0.4) is 0 Å². The van der Waals surface area contributed by atoms with Crippen LogP contribution in [0.2, 0.25) is 5.02 Å². The van der Waals surface area contributed by atoms with Gasteiger partial charge in [0.25, 0.3) is 0 Å². The Hall–Kier alpha value is -0.770. The minimum absolute atomic E-state index is 0.341. The molecule has 1 aromatic carbocycles. The van der Waals surface area contributed by atoms with Crippen LogP contribution in [0, 0.1) is 0 Å². The fraction of sp³-hybridized carbons (Fsp3) is 0.600. The average molecular weight is 283 g/mol. The highest BCUT2D eigenvalue weighted by atomic mass is 35.5. The minimum atomic E-state index is 0.341. The maximum Gasteiger partial charge on any atom is 0.137 e. The molecule has 1 heterocycles. The second-order valence-electron chi connectivity index (χ2n) is 5.28. The normalized spacial score (nSPS) is 22.2. The zero-order chi connectivity index (χ0) is 13.8. The molecule has 0 aromatic heterocycles. The molecule has 1 aliphatic rings. The Morgan fingerprint density at radius 2 is 2.26 bits per heavy atom. The number of likely N-dealkylation sites (tertiary alicyclic amines) is 1. The molecule has 0 spiro atoms. The smallest absolute Gasteiger partial charge is 0.137 e. The largest absolute Gasteiger partial charge is 0.495 e. The summed E-state index contributed by atoms with van der Waals surface area (Å²) in [5.41, 5.74) is 7.23. The lowest BCUT2D eigenvalue weighted by molar-refractivity contribution is 0.160. The molecule has 3 nitrogen and oxygen atoms in total. The summed E-state index contributed by atoms with van der Waals surface area (Å²) >= 11 is 6.23. The number of rotatable bonds is 4. The molecule has 2 N–H and O–H groups in total. The third-order valence-corrected chi connectivity index (χ3v) is 4.44. The van der Waals surface area contributed by atoms with Crippen molar-refractivity contribution in [3.8, 4) is 5.75 Å². The molecule has 2 unspecified atom stereocenters. The van der Waals surface area contributed by atoms with Crippen molar-refractivity contribution < 1.29 is 4.74 Å². The molecular weight excluding hydrogens is 260 g/mol. The summed E-state index contributed by atoms with van der Waals surface area (Å²) in [6, 6.07) is 6.54. The van der Waals surface area contributed by atoms with E-state index < -0.39 is 0 Å². The van der Waals surface area contributed by atoms with Crippen molar-refractivity contribution in [3.05, 3.63) is 28.8 Å². The van der Waals surface area contributed by atoms with Gasteiger partial charge in [0.15, 0.2) is 0 Å². The summed E-state index contributed by atoms with van der Waals surface area (Å²) in [6.45, 7) is 1.81. The summed E-state index contributed by atoms with van der Waals surface area (Å²) in [6.07, 6.45) is 3.78. The topological polar surface area (TPSA) is 38.5 Å². The molecule has 1 aromatic rings. The van der Waals surface area contributed by atoms with Gasteiger partial charge in [-0.25, -0.2) is 0 Å². The van der Waals surface area contributed by atoms with E-state index in [9.17, 15) is 0 Å². The first-order valence-corrected chi connectivity index (χ1v) is 7.29. The predicted molar refractivity (Wildman–Crippen MR) is 80.1 cm³/mol. The highest BCUT2D eigenvalue weighted by molar-refractivity contribution is 6.32. The van der Waals surface area contributed by atoms with Crippen LogP contribution in [-0.4, -0.2) is 38.2 Å². The molecule has 0 aliphatic carbocycles. The average Bonchev–Trinajstić information content (AvgIpc) is 2.42.